The lowest BCUT2D eigenvalue weighted by Crippen LogP contribution is -2.02. The maximum atomic E-state index is 11.1. The molecule has 13 heteroatoms. The number of benzene rings is 3. The zero-order valence-corrected chi connectivity index (χ0v) is 36.5. The Labute approximate surface area is 376 Å². The van der Waals surface area contributed by atoms with Crippen molar-refractivity contribution in [1.29, 1.82) is 5.26 Å². The van der Waals surface area contributed by atoms with Gasteiger partial charge in [0.1, 0.15) is 13.2 Å². The SMILES string of the molecule is C=CC(=O)OCCCCCCCCOc1cnc(-c2ccc(COc3ccc(C#N)cc3OCc3ccc(-c4ncc(OCCCCCCCCOC(=O)C=C)cn4)cc3)cc2)nc1. The smallest absolute Gasteiger partial charge is 0.330 e. The van der Waals surface area contributed by atoms with E-state index in [9.17, 15) is 14.9 Å². The first-order chi connectivity index (χ1) is 31.4. The fourth-order valence-corrected chi connectivity index (χ4v) is 6.38. The van der Waals surface area contributed by atoms with Gasteiger partial charge in [-0.3, -0.25) is 0 Å². The average molecular weight is 868 g/mol. The number of hydrogen-bond donors (Lipinski definition) is 0. The third kappa shape index (κ3) is 17.4. The highest BCUT2D eigenvalue weighted by Gasteiger charge is 2.11. The number of carbonyl (C=O) groups is 2. The molecule has 334 valence electrons. The topological polar surface area (TPSA) is 165 Å². The van der Waals surface area contributed by atoms with Crippen molar-refractivity contribution in [3.8, 4) is 51.8 Å². The maximum Gasteiger partial charge on any atom is 0.330 e. The molecule has 0 N–H and O–H groups in total. The molecule has 5 rings (SSSR count). The lowest BCUT2D eigenvalue weighted by Gasteiger charge is -2.14. The van der Waals surface area contributed by atoms with Crippen molar-refractivity contribution in [3.05, 3.63) is 134 Å². The summed E-state index contributed by atoms with van der Waals surface area (Å²) >= 11 is 0. The molecule has 0 atom stereocenters. The van der Waals surface area contributed by atoms with E-state index in [0.717, 1.165) is 99.3 Å². The largest absolute Gasteiger partial charge is 0.490 e. The first-order valence-corrected chi connectivity index (χ1v) is 21.9. The van der Waals surface area contributed by atoms with Crippen LogP contribution in [-0.2, 0) is 32.3 Å². The predicted octanol–water partition coefficient (Wildman–Crippen LogP) is 10.5. The van der Waals surface area contributed by atoms with Crippen LogP contribution in [0.5, 0.6) is 23.0 Å². The van der Waals surface area contributed by atoms with Crippen molar-refractivity contribution >= 4 is 11.9 Å². The first-order valence-electron chi connectivity index (χ1n) is 21.9. The molecule has 2 heterocycles. The van der Waals surface area contributed by atoms with Gasteiger partial charge >= 0.3 is 11.9 Å². The number of carbonyl (C=O) groups excluding carboxylic acids is 2. The van der Waals surface area contributed by atoms with Gasteiger partial charge in [-0.25, -0.2) is 29.5 Å². The molecule has 0 saturated carbocycles. The van der Waals surface area contributed by atoms with E-state index in [-0.39, 0.29) is 18.5 Å². The minimum Gasteiger partial charge on any atom is -0.490 e. The second kappa shape index (κ2) is 27.8. The van der Waals surface area contributed by atoms with Gasteiger partial charge in [0.2, 0.25) is 0 Å². The van der Waals surface area contributed by atoms with Gasteiger partial charge in [0.15, 0.2) is 34.6 Å². The number of hydrogen-bond acceptors (Lipinski definition) is 13. The average Bonchev–Trinajstić information content (AvgIpc) is 3.34. The molecule has 5 aromatic rings. The standard InChI is InChI=1S/C51H57N5O8/c1-3-48(57)61-29-15-11-7-5-9-13-27-59-44-33-53-50(54-34-44)42-22-17-39(18-23-42)37-63-46-26-21-41(32-52)31-47(46)64-38-40-19-24-43(25-20-40)51-55-35-45(36-56-51)60-28-14-10-6-8-12-16-30-62-49(58)4-2/h3-4,17-26,31,33-36H,1-2,5-16,27-30,37-38H2. The summed E-state index contributed by atoms with van der Waals surface area (Å²) in [4.78, 5) is 40.1. The van der Waals surface area contributed by atoms with Crippen LogP contribution in [0.15, 0.2) is 117 Å². The Morgan fingerprint density at radius 1 is 0.500 bits per heavy atom. The number of nitriles is 1. The van der Waals surface area contributed by atoms with Crippen molar-refractivity contribution in [2.45, 2.75) is 90.3 Å². The predicted molar refractivity (Wildman–Crippen MR) is 243 cm³/mol. The Bertz CT molecular complexity index is 2220. The van der Waals surface area contributed by atoms with Crippen LogP contribution in [0.2, 0.25) is 0 Å². The fourth-order valence-electron chi connectivity index (χ4n) is 6.38. The van der Waals surface area contributed by atoms with Crippen LogP contribution in [0, 0.1) is 11.3 Å². The number of aromatic nitrogens is 4. The Morgan fingerprint density at radius 2 is 0.891 bits per heavy atom. The van der Waals surface area contributed by atoms with E-state index in [2.05, 4.69) is 39.2 Å². The van der Waals surface area contributed by atoms with Crippen molar-refractivity contribution in [1.82, 2.24) is 19.9 Å². The molecule has 0 bridgehead atoms. The number of ether oxygens (including phenoxy) is 6. The highest BCUT2D eigenvalue weighted by atomic mass is 16.5. The molecule has 0 fully saturated rings. The van der Waals surface area contributed by atoms with Gasteiger partial charge in [-0.15, -0.1) is 0 Å². The van der Waals surface area contributed by atoms with Gasteiger partial charge in [-0.2, -0.15) is 5.26 Å². The van der Waals surface area contributed by atoms with Crippen molar-refractivity contribution < 1.29 is 38.0 Å². The van der Waals surface area contributed by atoms with E-state index < -0.39 is 0 Å². The van der Waals surface area contributed by atoms with Gasteiger partial charge < -0.3 is 28.4 Å². The molecule has 0 aliphatic rings. The number of rotatable bonds is 30. The molecule has 3 aromatic carbocycles. The molecule has 0 amide bonds. The Morgan fingerprint density at radius 3 is 1.30 bits per heavy atom. The molecule has 0 spiro atoms. The Hall–Kier alpha value is -7.07. The lowest BCUT2D eigenvalue weighted by molar-refractivity contribution is -0.138. The third-order valence-corrected chi connectivity index (χ3v) is 9.98. The Balaban J connectivity index is 0.999. The summed E-state index contributed by atoms with van der Waals surface area (Å²) in [5.41, 5.74) is 4.07. The van der Waals surface area contributed by atoms with Crippen LogP contribution in [-0.4, -0.2) is 58.3 Å². The van der Waals surface area contributed by atoms with Crippen LogP contribution in [0.25, 0.3) is 22.8 Å². The molecule has 64 heavy (non-hydrogen) atoms. The van der Waals surface area contributed by atoms with E-state index in [1.807, 2.05) is 48.5 Å². The summed E-state index contributed by atoms with van der Waals surface area (Å²) in [5, 5.41) is 9.56. The first kappa shape index (κ1) is 48.0. The van der Waals surface area contributed by atoms with Gasteiger partial charge in [0.05, 0.1) is 62.8 Å². The molecule has 0 unspecified atom stereocenters. The van der Waals surface area contributed by atoms with E-state index >= 15 is 0 Å². The number of esters is 2. The summed E-state index contributed by atoms with van der Waals surface area (Å²) in [6.45, 7) is 9.42. The van der Waals surface area contributed by atoms with Crippen molar-refractivity contribution in [2.75, 3.05) is 26.4 Å². The molecular weight excluding hydrogens is 811 g/mol. The number of unbranched alkanes of at least 4 members (excludes halogenated alkanes) is 10. The minimum absolute atomic E-state index is 0.266. The zero-order chi connectivity index (χ0) is 45.0. The highest BCUT2D eigenvalue weighted by molar-refractivity contribution is 5.81. The van der Waals surface area contributed by atoms with E-state index in [0.29, 0.717) is 73.2 Å². The van der Waals surface area contributed by atoms with Crippen LogP contribution < -0.4 is 18.9 Å². The van der Waals surface area contributed by atoms with Gasteiger partial charge in [0.25, 0.3) is 0 Å². The van der Waals surface area contributed by atoms with Crippen LogP contribution in [0.4, 0.5) is 0 Å². The summed E-state index contributed by atoms with van der Waals surface area (Å²) in [6.07, 6.45) is 21.3. The second-order valence-electron chi connectivity index (χ2n) is 14.9. The molecule has 0 aliphatic carbocycles. The monoisotopic (exact) mass is 867 g/mol. The Kier molecular flexibility index (Phi) is 20.8. The molecule has 2 aromatic heterocycles. The van der Waals surface area contributed by atoms with Gasteiger partial charge in [-0.1, -0.05) is 113 Å². The molecular formula is C51H57N5O8. The number of nitrogens with zero attached hydrogens (tertiary/aromatic N) is 5. The maximum absolute atomic E-state index is 11.1. The summed E-state index contributed by atoms with van der Waals surface area (Å²) in [5.74, 6) is 2.71. The van der Waals surface area contributed by atoms with Gasteiger partial charge in [-0.05, 0) is 48.9 Å². The quantitative estimate of drug-likeness (QED) is 0.0243. The van der Waals surface area contributed by atoms with E-state index in [4.69, 9.17) is 28.4 Å². The normalized spacial score (nSPS) is 10.6. The second-order valence-corrected chi connectivity index (χ2v) is 14.9. The third-order valence-electron chi connectivity index (χ3n) is 9.98. The summed E-state index contributed by atoms with van der Waals surface area (Å²) in [7, 11) is 0. The molecule has 0 saturated heterocycles. The van der Waals surface area contributed by atoms with Crippen LogP contribution >= 0.6 is 0 Å². The minimum atomic E-state index is -0.370. The summed E-state index contributed by atoms with van der Waals surface area (Å²) < 4.78 is 34.0. The lowest BCUT2D eigenvalue weighted by atomic mass is 10.1. The van der Waals surface area contributed by atoms with Crippen molar-refractivity contribution in [2.24, 2.45) is 0 Å². The zero-order valence-electron chi connectivity index (χ0n) is 36.5. The molecule has 0 aliphatic heterocycles. The van der Waals surface area contributed by atoms with Crippen LogP contribution in [0.1, 0.15) is 93.7 Å². The van der Waals surface area contributed by atoms with Crippen molar-refractivity contribution in [3.63, 3.8) is 0 Å². The highest BCUT2D eigenvalue weighted by Crippen LogP contribution is 2.31. The fraction of sp³-hybridized carbons (Fsp3) is 0.353. The van der Waals surface area contributed by atoms with E-state index in [1.165, 1.54) is 12.2 Å². The van der Waals surface area contributed by atoms with Gasteiger partial charge in [0, 0.05) is 29.3 Å². The van der Waals surface area contributed by atoms with Crippen LogP contribution in [0.3, 0.4) is 0 Å². The molecule has 0 radical (unpaired) electrons. The summed E-state index contributed by atoms with van der Waals surface area (Å²) in [6, 6.07) is 23.0. The molecule has 13 nitrogen and oxygen atoms in total. The van der Waals surface area contributed by atoms with E-state index in [1.54, 1.807) is 43.0 Å².